The summed E-state index contributed by atoms with van der Waals surface area (Å²) in [6, 6.07) is 6.85. The van der Waals surface area contributed by atoms with E-state index in [1.807, 2.05) is 18.2 Å². The number of allylic oxidation sites excluding steroid dienone is 1. The predicted octanol–water partition coefficient (Wildman–Crippen LogP) is 1.91. The Morgan fingerprint density at radius 1 is 1.42 bits per heavy atom. The maximum absolute atomic E-state index is 11.1. The molecule has 0 saturated carbocycles. The van der Waals surface area contributed by atoms with E-state index in [0.29, 0.717) is 11.0 Å². The lowest BCUT2D eigenvalue weighted by atomic mass is 10.0. The molecular formula is C12H9ClN4O2. The van der Waals surface area contributed by atoms with E-state index >= 15 is 0 Å². The molecule has 2 aromatic rings. The summed E-state index contributed by atoms with van der Waals surface area (Å²) in [5, 5.41) is 16.5. The minimum absolute atomic E-state index is 0.0606. The number of benzene rings is 1. The number of carboxylic acid groups (broad SMARTS) is 1. The first-order valence-electron chi connectivity index (χ1n) is 5.53. The molecule has 1 aromatic carbocycles. The van der Waals surface area contributed by atoms with Gasteiger partial charge in [0.1, 0.15) is 18.1 Å². The molecule has 0 amide bonds. The van der Waals surface area contributed by atoms with Gasteiger partial charge < -0.3 is 10.4 Å². The van der Waals surface area contributed by atoms with Crippen molar-refractivity contribution < 1.29 is 9.90 Å². The van der Waals surface area contributed by atoms with Crippen LogP contribution in [-0.4, -0.2) is 25.8 Å². The largest absolute Gasteiger partial charge is 0.477 e. The van der Waals surface area contributed by atoms with Gasteiger partial charge in [-0.1, -0.05) is 29.8 Å². The van der Waals surface area contributed by atoms with Crippen molar-refractivity contribution in [2.45, 2.75) is 6.04 Å². The molecule has 0 bridgehead atoms. The second-order valence-corrected chi connectivity index (χ2v) is 4.41. The quantitative estimate of drug-likeness (QED) is 0.876. The molecule has 0 aliphatic carbocycles. The first-order valence-corrected chi connectivity index (χ1v) is 5.90. The number of aliphatic carboxylic acids is 1. The van der Waals surface area contributed by atoms with Crippen LogP contribution in [0.15, 0.2) is 42.4 Å². The van der Waals surface area contributed by atoms with Crippen LogP contribution < -0.4 is 5.32 Å². The molecule has 3 rings (SSSR count). The lowest BCUT2D eigenvalue weighted by Gasteiger charge is -2.23. The van der Waals surface area contributed by atoms with Gasteiger partial charge >= 0.3 is 5.97 Å². The predicted molar refractivity (Wildman–Crippen MR) is 69.0 cm³/mol. The van der Waals surface area contributed by atoms with Crippen molar-refractivity contribution in [2.24, 2.45) is 0 Å². The number of hydrogen-bond donors (Lipinski definition) is 2. The normalized spacial score (nSPS) is 17.3. The maximum Gasteiger partial charge on any atom is 0.352 e. The number of aromatic nitrogens is 3. The van der Waals surface area contributed by atoms with E-state index < -0.39 is 12.0 Å². The van der Waals surface area contributed by atoms with Crippen LogP contribution in [0.2, 0.25) is 5.02 Å². The lowest BCUT2D eigenvalue weighted by Crippen LogP contribution is -2.24. The van der Waals surface area contributed by atoms with Gasteiger partial charge in [0.25, 0.3) is 0 Å². The molecule has 1 atom stereocenters. The fourth-order valence-corrected chi connectivity index (χ4v) is 2.24. The van der Waals surface area contributed by atoms with Gasteiger partial charge in [-0.15, -0.1) is 0 Å². The van der Waals surface area contributed by atoms with E-state index in [2.05, 4.69) is 15.4 Å². The van der Waals surface area contributed by atoms with E-state index in [1.54, 1.807) is 16.8 Å². The minimum Gasteiger partial charge on any atom is -0.477 e. The smallest absolute Gasteiger partial charge is 0.352 e. The summed E-state index contributed by atoms with van der Waals surface area (Å²) in [4.78, 5) is 15.1. The molecule has 1 aliphatic rings. The number of anilines is 1. The average molecular weight is 277 g/mol. The molecule has 0 spiro atoms. The number of carbonyl (C=O) groups is 1. The summed E-state index contributed by atoms with van der Waals surface area (Å²) < 4.78 is 1.59. The molecule has 0 fully saturated rings. The zero-order chi connectivity index (χ0) is 13.4. The molecule has 0 radical (unpaired) electrons. The Morgan fingerprint density at radius 2 is 2.21 bits per heavy atom. The van der Waals surface area contributed by atoms with Gasteiger partial charge in [-0.2, -0.15) is 10.1 Å². The van der Waals surface area contributed by atoms with Crippen LogP contribution in [0, 0.1) is 0 Å². The minimum atomic E-state index is -1.05. The molecule has 0 saturated heterocycles. The summed E-state index contributed by atoms with van der Waals surface area (Å²) >= 11 is 6.16. The van der Waals surface area contributed by atoms with Crippen LogP contribution in [0.4, 0.5) is 5.95 Å². The van der Waals surface area contributed by atoms with Crippen LogP contribution in [0.5, 0.6) is 0 Å². The topological polar surface area (TPSA) is 80.0 Å². The molecule has 96 valence electrons. The number of carboxylic acids is 1. The van der Waals surface area contributed by atoms with Gasteiger partial charge in [-0.3, -0.25) is 0 Å². The molecule has 7 heteroatoms. The van der Waals surface area contributed by atoms with E-state index in [-0.39, 0.29) is 5.70 Å². The van der Waals surface area contributed by atoms with Crippen molar-refractivity contribution in [1.29, 1.82) is 0 Å². The SMILES string of the molecule is O=C(O)C1=C[C@@H](c2ccccc2Cl)n2ncnc2N1. The van der Waals surface area contributed by atoms with E-state index in [0.717, 1.165) is 5.56 Å². The number of fused-ring (bicyclic) bond motifs is 1. The lowest BCUT2D eigenvalue weighted by molar-refractivity contribution is -0.132. The van der Waals surface area contributed by atoms with Crippen LogP contribution in [-0.2, 0) is 4.79 Å². The van der Waals surface area contributed by atoms with E-state index in [4.69, 9.17) is 16.7 Å². The number of halogens is 1. The average Bonchev–Trinajstić information content (AvgIpc) is 2.86. The van der Waals surface area contributed by atoms with Crippen LogP contribution in [0.3, 0.4) is 0 Å². The molecule has 1 aromatic heterocycles. The molecule has 1 aliphatic heterocycles. The fraction of sp³-hybridized carbons (Fsp3) is 0.0833. The van der Waals surface area contributed by atoms with E-state index in [9.17, 15) is 4.79 Å². The van der Waals surface area contributed by atoms with Crippen molar-refractivity contribution in [2.75, 3.05) is 5.32 Å². The zero-order valence-electron chi connectivity index (χ0n) is 9.62. The summed E-state index contributed by atoms with van der Waals surface area (Å²) in [7, 11) is 0. The molecule has 19 heavy (non-hydrogen) atoms. The second-order valence-electron chi connectivity index (χ2n) is 4.01. The Labute approximate surface area is 113 Å². The van der Waals surface area contributed by atoms with Gasteiger partial charge in [-0.25, -0.2) is 9.48 Å². The van der Waals surface area contributed by atoms with E-state index in [1.165, 1.54) is 6.33 Å². The maximum atomic E-state index is 11.1. The first kappa shape index (κ1) is 11.7. The van der Waals surface area contributed by atoms with Crippen LogP contribution >= 0.6 is 11.6 Å². The van der Waals surface area contributed by atoms with Gasteiger partial charge in [0, 0.05) is 5.02 Å². The highest BCUT2D eigenvalue weighted by molar-refractivity contribution is 6.31. The first-order chi connectivity index (χ1) is 9.16. The summed E-state index contributed by atoms with van der Waals surface area (Å²) in [5.74, 6) is -0.670. The van der Waals surface area contributed by atoms with Gasteiger partial charge in [0.15, 0.2) is 0 Å². The number of rotatable bonds is 2. The third-order valence-electron chi connectivity index (χ3n) is 2.86. The van der Waals surface area contributed by atoms with Crippen molar-refractivity contribution in [3.05, 3.63) is 53.0 Å². The highest BCUT2D eigenvalue weighted by Gasteiger charge is 2.26. The molecule has 6 nitrogen and oxygen atoms in total. The zero-order valence-corrected chi connectivity index (χ0v) is 10.4. The van der Waals surface area contributed by atoms with Gasteiger partial charge in [0.05, 0.1) is 0 Å². The Kier molecular flexibility index (Phi) is 2.72. The number of nitrogens with zero attached hydrogens (tertiary/aromatic N) is 3. The van der Waals surface area contributed by atoms with Gasteiger partial charge in [0.2, 0.25) is 5.95 Å². The molecule has 0 unspecified atom stereocenters. The Bertz CT molecular complexity index is 680. The molecule has 2 heterocycles. The van der Waals surface area contributed by atoms with Crippen LogP contribution in [0.25, 0.3) is 0 Å². The van der Waals surface area contributed by atoms with Crippen molar-refractivity contribution in [3.8, 4) is 0 Å². The van der Waals surface area contributed by atoms with Gasteiger partial charge in [-0.05, 0) is 17.7 Å². The highest BCUT2D eigenvalue weighted by Crippen LogP contribution is 2.32. The van der Waals surface area contributed by atoms with Crippen molar-refractivity contribution in [3.63, 3.8) is 0 Å². The summed E-state index contributed by atoms with van der Waals surface area (Å²) in [5.41, 5.74) is 0.835. The third kappa shape index (κ3) is 1.96. The van der Waals surface area contributed by atoms with Crippen molar-refractivity contribution >= 4 is 23.5 Å². The standard InChI is InChI=1S/C12H9ClN4O2/c13-8-4-2-1-3-7(8)10-5-9(11(18)19)16-12-14-6-15-17(10)12/h1-6,10H,(H,18,19)(H,14,15,16)/t10-/m0/s1. The second kappa shape index (κ2) is 4.40. The Morgan fingerprint density at radius 3 is 2.95 bits per heavy atom. The molecule has 2 N–H and O–H groups in total. The highest BCUT2D eigenvalue weighted by atomic mass is 35.5. The summed E-state index contributed by atoms with van der Waals surface area (Å²) in [6.45, 7) is 0. The number of nitrogens with one attached hydrogen (secondary N) is 1. The third-order valence-corrected chi connectivity index (χ3v) is 3.21. The Hall–Kier alpha value is -2.34. The molecular weight excluding hydrogens is 268 g/mol. The van der Waals surface area contributed by atoms with Crippen LogP contribution in [0.1, 0.15) is 11.6 Å². The number of hydrogen-bond acceptors (Lipinski definition) is 4. The Balaban J connectivity index is 2.15. The summed E-state index contributed by atoms with van der Waals surface area (Å²) in [6.07, 6.45) is 2.93. The van der Waals surface area contributed by atoms with Crippen molar-refractivity contribution in [1.82, 2.24) is 14.8 Å². The monoisotopic (exact) mass is 276 g/mol. The fourth-order valence-electron chi connectivity index (χ4n) is 1.99.